The maximum absolute atomic E-state index is 13.0. The maximum atomic E-state index is 13.0. The lowest BCUT2D eigenvalue weighted by atomic mass is 10.2. The van der Waals surface area contributed by atoms with Gasteiger partial charge in [-0.15, -0.1) is 0 Å². The van der Waals surface area contributed by atoms with Crippen LogP contribution in [0.2, 0.25) is 0 Å². The summed E-state index contributed by atoms with van der Waals surface area (Å²) in [6.45, 7) is 2.88. The molecule has 0 bridgehead atoms. The Labute approximate surface area is 162 Å². The number of rotatable bonds is 4. The summed E-state index contributed by atoms with van der Waals surface area (Å²) in [5.41, 5.74) is 1.65. The largest absolute Gasteiger partial charge is 0.322 e. The Balaban J connectivity index is 1.86. The molecule has 1 N–H and O–H groups in total. The lowest BCUT2D eigenvalue weighted by Crippen LogP contribution is -2.36. The fraction of sp³-hybridized carbons (Fsp3) is 0.316. The molecule has 0 spiro atoms. The zero-order chi connectivity index (χ0) is 18.7. The van der Waals surface area contributed by atoms with E-state index in [0.717, 1.165) is 23.7 Å². The lowest BCUT2D eigenvalue weighted by Gasteiger charge is -2.26. The highest BCUT2D eigenvalue weighted by Gasteiger charge is 2.27. The van der Waals surface area contributed by atoms with Gasteiger partial charge in [-0.2, -0.15) is 4.31 Å². The third kappa shape index (κ3) is 4.16. The van der Waals surface area contributed by atoms with Gasteiger partial charge < -0.3 is 5.32 Å². The first kappa shape index (κ1) is 19.1. The number of amides is 1. The van der Waals surface area contributed by atoms with Crippen molar-refractivity contribution < 1.29 is 13.2 Å². The number of nitrogens with zero attached hydrogens (tertiary/aromatic N) is 1. The van der Waals surface area contributed by atoms with Crippen molar-refractivity contribution in [1.29, 1.82) is 0 Å². The second-order valence-electron chi connectivity index (χ2n) is 6.41. The van der Waals surface area contributed by atoms with Crippen molar-refractivity contribution in [3.05, 3.63) is 58.1 Å². The van der Waals surface area contributed by atoms with Crippen molar-refractivity contribution in [1.82, 2.24) is 4.31 Å². The van der Waals surface area contributed by atoms with Gasteiger partial charge in [0.2, 0.25) is 10.0 Å². The summed E-state index contributed by atoms with van der Waals surface area (Å²) in [7, 11) is -3.55. The van der Waals surface area contributed by atoms with E-state index in [1.165, 1.54) is 0 Å². The highest BCUT2D eigenvalue weighted by molar-refractivity contribution is 9.10. The van der Waals surface area contributed by atoms with Gasteiger partial charge in [-0.3, -0.25) is 4.79 Å². The van der Waals surface area contributed by atoms with Gasteiger partial charge in [-0.05, 0) is 55.7 Å². The Hall–Kier alpha value is -1.70. The molecule has 0 saturated carbocycles. The molecular weight excluding hydrogens is 416 g/mol. The Morgan fingerprint density at radius 2 is 1.81 bits per heavy atom. The topological polar surface area (TPSA) is 66.5 Å². The van der Waals surface area contributed by atoms with Gasteiger partial charge in [0.15, 0.2) is 0 Å². The quantitative estimate of drug-likeness (QED) is 0.781. The molecule has 7 heteroatoms. The summed E-state index contributed by atoms with van der Waals surface area (Å²) >= 11 is 3.34. The van der Waals surface area contributed by atoms with Crippen LogP contribution in [0.1, 0.15) is 35.2 Å². The number of anilines is 1. The number of aryl methyl sites for hydroxylation is 1. The van der Waals surface area contributed by atoms with Gasteiger partial charge in [-0.1, -0.05) is 34.5 Å². The van der Waals surface area contributed by atoms with E-state index in [0.29, 0.717) is 29.9 Å². The first-order valence-corrected chi connectivity index (χ1v) is 10.8. The van der Waals surface area contributed by atoms with Crippen LogP contribution in [-0.4, -0.2) is 31.7 Å². The van der Waals surface area contributed by atoms with E-state index in [1.807, 2.05) is 6.07 Å². The summed E-state index contributed by atoms with van der Waals surface area (Å²) in [5.74, 6) is -0.281. The second-order valence-corrected chi connectivity index (χ2v) is 9.23. The van der Waals surface area contributed by atoms with Crippen molar-refractivity contribution in [3.63, 3.8) is 0 Å². The van der Waals surface area contributed by atoms with Crippen LogP contribution in [0, 0.1) is 6.92 Å². The number of piperidine rings is 1. The Bertz CT molecular complexity index is 922. The van der Waals surface area contributed by atoms with Gasteiger partial charge in [0.25, 0.3) is 5.91 Å². The number of benzene rings is 2. The summed E-state index contributed by atoms with van der Waals surface area (Å²) in [6, 6.07) is 12.0. The van der Waals surface area contributed by atoms with Crippen LogP contribution in [0.15, 0.2) is 51.8 Å². The fourth-order valence-electron chi connectivity index (χ4n) is 3.03. The third-order valence-corrected chi connectivity index (χ3v) is 7.00. The van der Waals surface area contributed by atoms with E-state index in [-0.39, 0.29) is 10.8 Å². The minimum Gasteiger partial charge on any atom is -0.322 e. The fourth-order valence-corrected chi connectivity index (χ4v) is 5.20. The molecule has 0 atom stereocenters. The highest BCUT2D eigenvalue weighted by Crippen LogP contribution is 2.26. The van der Waals surface area contributed by atoms with Crippen LogP contribution in [-0.2, 0) is 10.0 Å². The van der Waals surface area contributed by atoms with Crippen molar-refractivity contribution in [2.75, 3.05) is 18.4 Å². The monoisotopic (exact) mass is 436 g/mol. The molecule has 2 aromatic carbocycles. The summed E-state index contributed by atoms with van der Waals surface area (Å²) in [5, 5.41) is 2.79. The first-order valence-electron chi connectivity index (χ1n) is 8.55. The zero-order valence-corrected chi connectivity index (χ0v) is 16.9. The van der Waals surface area contributed by atoms with E-state index < -0.39 is 10.0 Å². The van der Waals surface area contributed by atoms with E-state index >= 15 is 0 Å². The molecule has 1 aliphatic rings. The Morgan fingerprint density at radius 3 is 2.50 bits per heavy atom. The molecule has 2 aromatic rings. The van der Waals surface area contributed by atoms with Crippen LogP contribution >= 0.6 is 15.9 Å². The number of carbonyl (C=O) groups is 1. The molecule has 0 aromatic heterocycles. The number of hydrogen-bond acceptors (Lipinski definition) is 3. The third-order valence-electron chi connectivity index (χ3n) is 4.47. The van der Waals surface area contributed by atoms with Crippen LogP contribution < -0.4 is 5.32 Å². The zero-order valence-electron chi connectivity index (χ0n) is 14.5. The van der Waals surface area contributed by atoms with Crippen molar-refractivity contribution >= 4 is 37.5 Å². The van der Waals surface area contributed by atoms with Gasteiger partial charge in [0.05, 0.1) is 4.90 Å². The Morgan fingerprint density at radius 1 is 1.08 bits per heavy atom. The summed E-state index contributed by atoms with van der Waals surface area (Å²) in [6.07, 6.45) is 2.84. The molecule has 0 aliphatic carbocycles. The molecular formula is C19H21BrN2O3S. The summed E-state index contributed by atoms with van der Waals surface area (Å²) in [4.78, 5) is 12.7. The first-order chi connectivity index (χ1) is 12.4. The number of sulfonamides is 1. The van der Waals surface area contributed by atoms with E-state index in [9.17, 15) is 13.2 Å². The molecule has 1 amide bonds. The van der Waals surface area contributed by atoms with Crippen LogP contribution in [0.5, 0.6) is 0 Å². The minimum atomic E-state index is -3.55. The van der Waals surface area contributed by atoms with Gasteiger partial charge in [0, 0.05) is 28.8 Å². The molecule has 1 aliphatic heterocycles. The molecule has 1 saturated heterocycles. The van der Waals surface area contributed by atoms with E-state index in [1.54, 1.807) is 47.6 Å². The van der Waals surface area contributed by atoms with Crippen molar-refractivity contribution in [2.45, 2.75) is 31.1 Å². The van der Waals surface area contributed by atoms with Crippen molar-refractivity contribution in [3.8, 4) is 0 Å². The summed E-state index contributed by atoms with van der Waals surface area (Å²) < 4.78 is 28.3. The van der Waals surface area contributed by atoms with E-state index in [4.69, 9.17) is 0 Å². The molecule has 0 radical (unpaired) electrons. The normalized spacial score (nSPS) is 15.6. The van der Waals surface area contributed by atoms with Crippen LogP contribution in [0.3, 0.4) is 0 Å². The lowest BCUT2D eigenvalue weighted by molar-refractivity contribution is 0.102. The highest BCUT2D eigenvalue weighted by atomic mass is 79.9. The maximum Gasteiger partial charge on any atom is 0.255 e. The number of nitrogens with one attached hydrogen (secondary N) is 1. The average Bonchev–Trinajstić information content (AvgIpc) is 2.64. The smallest absolute Gasteiger partial charge is 0.255 e. The predicted molar refractivity (Wildman–Crippen MR) is 106 cm³/mol. The average molecular weight is 437 g/mol. The minimum absolute atomic E-state index is 0.256. The number of carbonyl (C=O) groups excluding carboxylic acids is 1. The standard InChI is InChI=1S/C19H21BrN2O3S/c1-14-8-9-17(21-19(23)15-6-5-7-16(20)12-15)13-18(14)26(24,25)22-10-3-2-4-11-22/h5-9,12-13H,2-4,10-11H2,1H3,(H,21,23). The number of halogens is 1. The number of hydrogen-bond donors (Lipinski definition) is 1. The molecule has 1 fully saturated rings. The van der Waals surface area contributed by atoms with Crippen LogP contribution in [0.4, 0.5) is 5.69 Å². The molecule has 138 valence electrons. The van der Waals surface area contributed by atoms with E-state index in [2.05, 4.69) is 21.2 Å². The van der Waals surface area contributed by atoms with Gasteiger partial charge >= 0.3 is 0 Å². The molecule has 0 unspecified atom stereocenters. The molecule has 1 heterocycles. The second kappa shape index (κ2) is 7.90. The molecule has 3 rings (SSSR count). The van der Waals surface area contributed by atoms with Crippen molar-refractivity contribution in [2.24, 2.45) is 0 Å². The molecule has 5 nitrogen and oxygen atoms in total. The SMILES string of the molecule is Cc1ccc(NC(=O)c2cccc(Br)c2)cc1S(=O)(=O)N1CCCCC1. The van der Waals surface area contributed by atoms with Gasteiger partial charge in [-0.25, -0.2) is 8.42 Å². The van der Waals surface area contributed by atoms with Gasteiger partial charge in [0.1, 0.15) is 0 Å². The Kier molecular flexibility index (Phi) is 5.79. The predicted octanol–water partition coefficient (Wildman–Crippen LogP) is 4.18. The van der Waals surface area contributed by atoms with Crippen LogP contribution in [0.25, 0.3) is 0 Å². The molecule has 26 heavy (non-hydrogen) atoms.